The van der Waals surface area contributed by atoms with Crippen molar-refractivity contribution < 1.29 is 9.32 Å². The minimum Gasteiger partial charge on any atom is -0.367 e. The molecule has 122 valence electrons. The van der Waals surface area contributed by atoms with Crippen molar-refractivity contribution in [3.05, 3.63) is 41.4 Å². The van der Waals surface area contributed by atoms with Gasteiger partial charge in [-0.05, 0) is 37.8 Å². The van der Waals surface area contributed by atoms with Crippen LogP contribution >= 0.6 is 0 Å². The fourth-order valence-electron chi connectivity index (χ4n) is 2.46. The lowest BCUT2D eigenvalue weighted by Gasteiger charge is -2.26. The Morgan fingerprint density at radius 1 is 1.39 bits per heavy atom. The summed E-state index contributed by atoms with van der Waals surface area (Å²) in [4.78, 5) is 16.4. The van der Waals surface area contributed by atoms with Crippen molar-refractivity contribution in [2.75, 3.05) is 5.32 Å². The van der Waals surface area contributed by atoms with Gasteiger partial charge in [0.15, 0.2) is 5.76 Å². The van der Waals surface area contributed by atoms with E-state index in [0.29, 0.717) is 23.9 Å². The van der Waals surface area contributed by atoms with Gasteiger partial charge in [0.2, 0.25) is 0 Å². The Labute approximate surface area is 135 Å². The van der Waals surface area contributed by atoms with Crippen LogP contribution in [0, 0.1) is 0 Å². The second kappa shape index (κ2) is 7.26. The minimum absolute atomic E-state index is 0.166. The Kier molecular flexibility index (Phi) is 4.90. The van der Waals surface area contributed by atoms with Gasteiger partial charge < -0.3 is 15.2 Å². The van der Waals surface area contributed by atoms with E-state index in [1.54, 1.807) is 12.3 Å². The second-order valence-corrected chi connectivity index (χ2v) is 5.92. The summed E-state index contributed by atoms with van der Waals surface area (Å²) in [5.41, 5.74) is 1.46. The number of hydrogen-bond donors (Lipinski definition) is 2. The van der Waals surface area contributed by atoms with Crippen LogP contribution in [-0.2, 0) is 13.0 Å². The largest absolute Gasteiger partial charge is 0.367 e. The van der Waals surface area contributed by atoms with Crippen molar-refractivity contribution in [2.24, 2.45) is 0 Å². The third kappa shape index (κ3) is 4.09. The average molecular weight is 314 g/mol. The van der Waals surface area contributed by atoms with E-state index in [9.17, 15) is 4.79 Å². The molecule has 2 heterocycles. The SMILES string of the molecule is CCCc1cc(CNC(=O)c2ccc(NC3CCC3)nc2)on1. The normalized spacial score (nSPS) is 14.3. The quantitative estimate of drug-likeness (QED) is 0.821. The van der Waals surface area contributed by atoms with Crippen LogP contribution in [0.4, 0.5) is 5.82 Å². The predicted molar refractivity (Wildman–Crippen MR) is 87.2 cm³/mol. The molecule has 0 radical (unpaired) electrons. The number of rotatable bonds is 7. The summed E-state index contributed by atoms with van der Waals surface area (Å²) in [6.07, 6.45) is 7.17. The number of aryl methyl sites for hydroxylation is 1. The number of carbonyl (C=O) groups excluding carboxylic acids is 1. The van der Waals surface area contributed by atoms with Gasteiger partial charge in [0, 0.05) is 18.3 Å². The van der Waals surface area contributed by atoms with E-state index in [4.69, 9.17) is 4.52 Å². The van der Waals surface area contributed by atoms with E-state index < -0.39 is 0 Å². The highest BCUT2D eigenvalue weighted by Crippen LogP contribution is 2.22. The van der Waals surface area contributed by atoms with Gasteiger partial charge in [-0.25, -0.2) is 4.98 Å². The zero-order chi connectivity index (χ0) is 16.1. The fourth-order valence-corrected chi connectivity index (χ4v) is 2.46. The van der Waals surface area contributed by atoms with Gasteiger partial charge in [-0.3, -0.25) is 4.79 Å². The van der Waals surface area contributed by atoms with Crippen molar-refractivity contribution >= 4 is 11.7 Å². The molecule has 0 aromatic carbocycles. The number of hydrogen-bond acceptors (Lipinski definition) is 5. The zero-order valence-corrected chi connectivity index (χ0v) is 13.3. The van der Waals surface area contributed by atoms with Crippen LogP contribution in [0.15, 0.2) is 28.9 Å². The molecule has 23 heavy (non-hydrogen) atoms. The lowest BCUT2D eigenvalue weighted by Crippen LogP contribution is -2.27. The highest BCUT2D eigenvalue weighted by atomic mass is 16.5. The van der Waals surface area contributed by atoms with E-state index in [1.165, 1.54) is 19.3 Å². The number of nitrogens with one attached hydrogen (secondary N) is 2. The Bertz CT molecular complexity index is 647. The Balaban J connectivity index is 1.50. The minimum atomic E-state index is -0.166. The Morgan fingerprint density at radius 3 is 2.91 bits per heavy atom. The summed E-state index contributed by atoms with van der Waals surface area (Å²) >= 11 is 0. The first-order valence-electron chi connectivity index (χ1n) is 8.20. The van der Waals surface area contributed by atoms with Crippen molar-refractivity contribution in [1.82, 2.24) is 15.5 Å². The molecule has 2 aromatic rings. The average Bonchev–Trinajstić information content (AvgIpc) is 2.97. The number of anilines is 1. The fraction of sp³-hybridized carbons (Fsp3) is 0.471. The monoisotopic (exact) mass is 314 g/mol. The summed E-state index contributed by atoms with van der Waals surface area (Å²) in [7, 11) is 0. The first-order valence-corrected chi connectivity index (χ1v) is 8.20. The van der Waals surface area contributed by atoms with Crippen LogP contribution in [0.2, 0.25) is 0 Å². The van der Waals surface area contributed by atoms with Gasteiger partial charge in [0.05, 0.1) is 17.8 Å². The van der Waals surface area contributed by atoms with E-state index >= 15 is 0 Å². The van der Waals surface area contributed by atoms with E-state index in [1.807, 2.05) is 12.1 Å². The standard InChI is InChI=1S/C17H22N4O2/c1-2-4-14-9-15(23-21-14)11-19-17(22)12-7-8-16(18-10-12)20-13-5-3-6-13/h7-10,13H,2-6,11H2,1H3,(H,18,20)(H,19,22). The summed E-state index contributed by atoms with van der Waals surface area (Å²) < 4.78 is 5.19. The third-order valence-electron chi connectivity index (χ3n) is 4.02. The molecule has 6 heteroatoms. The molecule has 3 rings (SSSR count). The van der Waals surface area contributed by atoms with Crippen molar-refractivity contribution in [2.45, 2.75) is 51.6 Å². The smallest absolute Gasteiger partial charge is 0.253 e. The lowest BCUT2D eigenvalue weighted by molar-refractivity contribution is 0.0946. The van der Waals surface area contributed by atoms with Crippen LogP contribution in [0.5, 0.6) is 0 Å². The molecule has 0 atom stereocenters. The molecule has 6 nitrogen and oxygen atoms in total. The highest BCUT2D eigenvalue weighted by molar-refractivity contribution is 5.93. The van der Waals surface area contributed by atoms with Crippen molar-refractivity contribution in [3.8, 4) is 0 Å². The maximum atomic E-state index is 12.1. The summed E-state index contributed by atoms with van der Waals surface area (Å²) in [5.74, 6) is 1.32. The molecule has 0 spiro atoms. The second-order valence-electron chi connectivity index (χ2n) is 5.92. The van der Waals surface area contributed by atoms with Gasteiger partial charge >= 0.3 is 0 Å². The summed E-state index contributed by atoms with van der Waals surface area (Å²) in [6, 6.07) is 6.05. The predicted octanol–water partition coefficient (Wildman–Crippen LogP) is 2.92. The number of carbonyl (C=O) groups is 1. The van der Waals surface area contributed by atoms with Crippen molar-refractivity contribution in [1.29, 1.82) is 0 Å². The molecule has 1 amide bonds. The van der Waals surface area contributed by atoms with Gasteiger partial charge in [-0.15, -0.1) is 0 Å². The van der Waals surface area contributed by atoms with Gasteiger partial charge in [0.1, 0.15) is 5.82 Å². The first kappa shape index (κ1) is 15.5. The third-order valence-corrected chi connectivity index (χ3v) is 4.02. The summed E-state index contributed by atoms with van der Waals surface area (Å²) in [6.45, 7) is 2.42. The summed E-state index contributed by atoms with van der Waals surface area (Å²) in [5, 5.41) is 10.1. The molecule has 2 N–H and O–H groups in total. The number of pyridine rings is 1. The molecule has 0 bridgehead atoms. The van der Waals surface area contributed by atoms with Gasteiger partial charge in [-0.2, -0.15) is 0 Å². The van der Waals surface area contributed by atoms with E-state index in [2.05, 4.69) is 27.7 Å². The number of amides is 1. The topological polar surface area (TPSA) is 80.0 Å². The maximum Gasteiger partial charge on any atom is 0.253 e. The van der Waals surface area contributed by atoms with Crippen LogP contribution in [0.3, 0.4) is 0 Å². The first-order chi connectivity index (χ1) is 11.2. The van der Waals surface area contributed by atoms with Crippen LogP contribution in [0.1, 0.15) is 54.4 Å². The lowest BCUT2D eigenvalue weighted by atomic mass is 9.93. The highest BCUT2D eigenvalue weighted by Gasteiger charge is 2.17. The van der Waals surface area contributed by atoms with Crippen LogP contribution in [-0.4, -0.2) is 22.1 Å². The molecule has 0 unspecified atom stereocenters. The van der Waals surface area contributed by atoms with Gasteiger partial charge in [-0.1, -0.05) is 18.5 Å². The molecular formula is C17H22N4O2. The Morgan fingerprint density at radius 2 is 2.26 bits per heavy atom. The van der Waals surface area contributed by atoms with E-state index in [0.717, 1.165) is 24.4 Å². The Hall–Kier alpha value is -2.37. The van der Waals surface area contributed by atoms with E-state index in [-0.39, 0.29) is 5.91 Å². The molecule has 1 aliphatic carbocycles. The van der Waals surface area contributed by atoms with Gasteiger partial charge in [0.25, 0.3) is 5.91 Å². The molecule has 1 aliphatic rings. The van der Waals surface area contributed by atoms with Crippen LogP contribution < -0.4 is 10.6 Å². The molecule has 0 aliphatic heterocycles. The molecule has 2 aromatic heterocycles. The number of aromatic nitrogens is 2. The molecule has 0 saturated heterocycles. The van der Waals surface area contributed by atoms with Crippen molar-refractivity contribution in [3.63, 3.8) is 0 Å². The zero-order valence-electron chi connectivity index (χ0n) is 13.3. The maximum absolute atomic E-state index is 12.1. The molecule has 1 saturated carbocycles. The molecular weight excluding hydrogens is 292 g/mol. The van der Waals surface area contributed by atoms with Crippen LogP contribution in [0.25, 0.3) is 0 Å². The molecule has 1 fully saturated rings. The number of nitrogens with zero attached hydrogens (tertiary/aromatic N) is 2.